The SMILES string of the molecule is CCn1ncc(Cl)c1C(=O)N1CCC[C@@H]1c1ccc(OC)cc1. The van der Waals surface area contributed by atoms with Crippen LogP contribution in [0.25, 0.3) is 0 Å². The third-order valence-electron chi connectivity index (χ3n) is 4.31. The molecule has 0 aliphatic carbocycles. The first-order valence-corrected chi connectivity index (χ1v) is 8.19. The number of ether oxygens (including phenoxy) is 1. The number of halogens is 1. The molecule has 0 unspecified atom stereocenters. The van der Waals surface area contributed by atoms with Crippen molar-refractivity contribution in [2.75, 3.05) is 13.7 Å². The Balaban J connectivity index is 1.88. The van der Waals surface area contributed by atoms with Gasteiger partial charge in [-0.3, -0.25) is 9.48 Å². The highest BCUT2D eigenvalue weighted by Gasteiger charge is 2.33. The Kier molecular flexibility index (Phi) is 4.57. The van der Waals surface area contributed by atoms with Crippen molar-refractivity contribution in [1.29, 1.82) is 0 Å². The average Bonchev–Trinajstić information content (AvgIpc) is 3.21. The summed E-state index contributed by atoms with van der Waals surface area (Å²) >= 11 is 6.18. The first-order valence-electron chi connectivity index (χ1n) is 7.82. The molecule has 0 radical (unpaired) electrons. The van der Waals surface area contributed by atoms with E-state index < -0.39 is 0 Å². The zero-order chi connectivity index (χ0) is 16.4. The molecule has 0 saturated carbocycles. The Bertz CT molecular complexity index is 696. The molecule has 6 heteroatoms. The molecule has 2 heterocycles. The van der Waals surface area contributed by atoms with Crippen LogP contribution in [0.2, 0.25) is 5.02 Å². The van der Waals surface area contributed by atoms with Crippen molar-refractivity contribution in [2.45, 2.75) is 32.4 Å². The summed E-state index contributed by atoms with van der Waals surface area (Å²) in [4.78, 5) is 14.9. The summed E-state index contributed by atoms with van der Waals surface area (Å²) < 4.78 is 6.86. The van der Waals surface area contributed by atoms with E-state index in [-0.39, 0.29) is 11.9 Å². The maximum absolute atomic E-state index is 13.0. The van der Waals surface area contributed by atoms with Crippen LogP contribution in [-0.2, 0) is 6.54 Å². The molecule has 1 aromatic heterocycles. The molecule has 0 spiro atoms. The van der Waals surface area contributed by atoms with E-state index in [4.69, 9.17) is 16.3 Å². The van der Waals surface area contributed by atoms with Gasteiger partial charge in [-0.25, -0.2) is 0 Å². The first-order chi connectivity index (χ1) is 11.2. The Morgan fingerprint density at radius 1 is 1.39 bits per heavy atom. The number of amides is 1. The zero-order valence-electron chi connectivity index (χ0n) is 13.3. The molecule has 2 aromatic rings. The van der Waals surface area contributed by atoms with E-state index in [1.165, 1.54) is 6.20 Å². The molecule has 0 bridgehead atoms. The van der Waals surface area contributed by atoms with Gasteiger partial charge in [0.2, 0.25) is 0 Å². The highest BCUT2D eigenvalue weighted by Crippen LogP contribution is 2.34. The minimum atomic E-state index is -0.0485. The van der Waals surface area contributed by atoms with Crippen LogP contribution < -0.4 is 4.74 Å². The van der Waals surface area contributed by atoms with E-state index in [0.717, 1.165) is 30.7 Å². The predicted molar refractivity (Wildman–Crippen MR) is 88.9 cm³/mol. The van der Waals surface area contributed by atoms with Crippen molar-refractivity contribution < 1.29 is 9.53 Å². The minimum absolute atomic E-state index is 0.0485. The van der Waals surface area contributed by atoms with Crippen LogP contribution in [0.1, 0.15) is 41.9 Å². The summed E-state index contributed by atoms with van der Waals surface area (Å²) in [6.07, 6.45) is 3.48. The van der Waals surface area contributed by atoms with Crippen LogP contribution in [0.3, 0.4) is 0 Å². The molecule has 5 nitrogen and oxygen atoms in total. The fourth-order valence-corrected chi connectivity index (χ4v) is 3.36. The summed E-state index contributed by atoms with van der Waals surface area (Å²) in [6, 6.07) is 7.98. The van der Waals surface area contributed by atoms with E-state index in [0.29, 0.717) is 17.3 Å². The molecule has 1 amide bonds. The second-order valence-corrected chi connectivity index (χ2v) is 5.99. The van der Waals surface area contributed by atoms with Gasteiger partial charge in [-0.1, -0.05) is 23.7 Å². The molecule has 1 aliphatic heterocycles. The Labute approximate surface area is 140 Å². The number of hydrogen-bond acceptors (Lipinski definition) is 3. The van der Waals surface area contributed by atoms with Crippen molar-refractivity contribution in [3.05, 3.63) is 46.7 Å². The summed E-state index contributed by atoms with van der Waals surface area (Å²) in [5, 5.41) is 4.58. The number of likely N-dealkylation sites (tertiary alicyclic amines) is 1. The zero-order valence-corrected chi connectivity index (χ0v) is 14.1. The molecule has 122 valence electrons. The van der Waals surface area contributed by atoms with Crippen molar-refractivity contribution in [1.82, 2.24) is 14.7 Å². The van der Waals surface area contributed by atoms with Gasteiger partial charge in [-0.15, -0.1) is 0 Å². The first kappa shape index (κ1) is 15.9. The Morgan fingerprint density at radius 3 is 2.78 bits per heavy atom. The molecule has 3 rings (SSSR count). The molecular weight excluding hydrogens is 314 g/mol. The number of carbonyl (C=O) groups is 1. The summed E-state index contributed by atoms with van der Waals surface area (Å²) in [6.45, 7) is 3.31. The summed E-state index contributed by atoms with van der Waals surface area (Å²) in [7, 11) is 1.65. The quantitative estimate of drug-likeness (QED) is 0.859. The van der Waals surface area contributed by atoms with Gasteiger partial charge in [0.1, 0.15) is 11.4 Å². The second kappa shape index (κ2) is 6.62. The fourth-order valence-electron chi connectivity index (χ4n) is 3.13. The second-order valence-electron chi connectivity index (χ2n) is 5.59. The lowest BCUT2D eigenvalue weighted by Gasteiger charge is -2.25. The van der Waals surface area contributed by atoms with Gasteiger partial charge in [0.05, 0.1) is 24.4 Å². The van der Waals surface area contributed by atoms with Gasteiger partial charge >= 0.3 is 0 Å². The minimum Gasteiger partial charge on any atom is -0.497 e. The number of rotatable bonds is 4. The molecule has 1 fully saturated rings. The van der Waals surface area contributed by atoms with Crippen molar-refractivity contribution in [3.8, 4) is 5.75 Å². The van der Waals surface area contributed by atoms with Crippen molar-refractivity contribution >= 4 is 17.5 Å². The number of carbonyl (C=O) groups excluding carboxylic acids is 1. The summed E-state index contributed by atoms with van der Waals surface area (Å²) in [5.74, 6) is 0.768. The largest absolute Gasteiger partial charge is 0.497 e. The van der Waals surface area contributed by atoms with Crippen LogP contribution in [0, 0.1) is 0 Å². The van der Waals surface area contributed by atoms with Crippen LogP contribution in [0.4, 0.5) is 0 Å². The highest BCUT2D eigenvalue weighted by molar-refractivity contribution is 6.33. The van der Waals surface area contributed by atoms with E-state index in [1.54, 1.807) is 11.8 Å². The van der Waals surface area contributed by atoms with Crippen LogP contribution in [0.5, 0.6) is 5.75 Å². The topological polar surface area (TPSA) is 47.4 Å². The monoisotopic (exact) mass is 333 g/mol. The fraction of sp³-hybridized carbons (Fsp3) is 0.412. The van der Waals surface area contributed by atoms with Gasteiger partial charge < -0.3 is 9.64 Å². The van der Waals surface area contributed by atoms with E-state index in [9.17, 15) is 4.79 Å². The maximum Gasteiger partial charge on any atom is 0.274 e. The van der Waals surface area contributed by atoms with Crippen LogP contribution in [-0.4, -0.2) is 34.2 Å². The number of benzene rings is 1. The highest BCUT2D eigenvalue weighted by atomic mass is 35.5. The van der Waals surface area contributed by atoms with Gasteiger partial charge in [0, 0.05) is 13.1 Å². The number of methoxy groups -OCH3 is 1. The third-order valence-corrected chi connectivity index (χ3v) is 4.59. The molecule has 1 saturated heterocycles. The van der Waals surface area contributed by atoms with E-state index >= 15 is 0 Å². The number of hydrogen-bond donors (Lipinski definition) is 0. The van der Waals surface area contributed by atoms with Gasteiger partial charge in [-0.2, -0.15) is 5.10 Å². The number of aryl methyl sites for hydroxylation is 1. The molecule has 23 heavy (non-hydrogen) atoms. The van der Waals surface area contributed by atoms with Crippen molar-refractivity contribution in [2.24, 2.45) is 0 Å². The molecule has 1 atom stereocenters. The lowest BCUT2D eigenvalue weighted by atomic mass is 10.0. The smallest absolute Gasteiger partial charge is 0.274 e. The number of aromatic nitrogens is 2. The lowest BCUT2D eigenvalue weighted by Crippen LogP contribution is -2.32. The standard InChI is InChI=1S/C17H20ClN3O2/c1-3-21-16(14(18)11-19-21)17(22)20-10-4-5-15(20)12-6-8-13(23-2)9-7-12/h6-9,11,15H,3-5,10H2,1-2H3/t15-/m1/s1. The molecule has 1 aromatic carbocycles. The van der Waals surface area contributed by atoms with Gasteiger partial charge in [-0.05, 0) is 37.5 Å². The molecular formula is C17H20ClN3O2. The Hall–Kier alpha value is -2.01. The third kappa shape index (κ3) is 2.93. The van der Waals surface area contributed by atoms with Gasteiger partial charge in [0.15, 0.2) is 0 Å². The van der Waals surface area contributed by atoms with Crippen molar-refractivity contribution in [3.63, 3.8) is 0 Å². The predicted octanol–water partition coefficient (Wildman–Crippen LogP) is 3.54. The van der Waals surface area contributed by atoms with Crippen LogP contribution in [0.15, 0.2) is 30.5 Å². The summed E-state index contributed by atoms with van der Waals surface area (Å²) in [5.41, 5.74) is 1.60. The molecule has 0 N–H and O–H groups in total. The van der Waals surface area contributed by atoms with E-state index in [1.807, 2.05) is 36.1 Å². The van der Waals surface area contributed by atoms with Gasteiger partial charge in [0.25, 0.3) is 5.91 Å². The maximum atomic E-state index is 13.0. The average molecular weight is 334 g/mol. The lowest BCUT2D eigenvalue weighted by molar-refractivity contribution is 0.0723. The molecule has 1 aliphatic rings. The normalized spacial score (nSPS) is 17.5. The Morgan fingerprint density at radius 2 is 2.13 bits per heavy atom. The van der Waals surface area contributed by atoms with E-state index in [2.05, 4.69) is 5.10 Å². The van der Waals surface area contributed by atoms with Crippen LogP contribution >= 0.6 is 11.6 Å². The number of nitrogens with zero attached hydrogens (tertiary/aromatic N) is 3.